The van der Waals surface area contributed by atoms with Gasteiger partial charge in [0.05, 0.1) is 6.54 Å². The van der Waals surface area contributed by atoms with Crippen LogP contribution in [0, 0.1) is 12.8 Å². The molecule has 1 aromatic heterocycles. The van der Waals surface area contributed by atoms with E-state index >= 15 is 0 Å². The third-order valence-corrected chi connectivity index (χ3v) is 5.44. The molecule has 1 rings (SSSR count). The summed E-state index contributed by atoms with van der Waals surface area (Å²) in [5.74, 6) is 1.53. The maximum Gasteiger partial charge on any atom is 0.246 e. The molecule has 116 valence electrons. The van der Waals surface area contributed by atoms with Gasteiger partial charge >= 0.3 is 0 Å². The molecule has 0 aliphatic heterocycles. The molecule has 1 atom stereocenters. The standard InChI is InChI=1S/C14H26N2O3S/c1-10(2)7-11(3)16(6)20(17,18)14-8-13(9-15-5)19-12(14)4/h8,10-11,15H,7,9H2,1-6H3. The highest BCUT2D eigenvalue weighted by Gasteiger charge is 2.29. The molecule has 0 fully saturated rings. The van der Waals surface area contributed by atoms with Gasteiger partial charge in [0.15, 0.2) is 0 Å². The largest absolute Gasteiger partial charge is 0.464 e. The lowest BCUT2D eigenvalue weighted by Gasteiger charge is -2.25. The summed E-state index contributed by atoms with van der Waals surface area (Å²) in [5, 5.41) is 2.95. The van der Waals surface area contributed by atoms with Crippen molar-refractivity contribution in [3.63, 3.8) is 0 Å². The minimum atomic E-state index is -3.50. The Morgan fingerprint density at radius 1 is 1.35 bits per heavy atom. The van der Waals surface area contributed by atoms with Crippen LogP contribution in [0.3, 0.4) is 0 Å². The van der Waals surface area contributed by atoms with Crippen LogP contribution in [0.5, 0.6) is 0 Å². The van der Waals surface area contributed by atoms with Crippen molar-refractivity contribution in [3.8, 4) is 0 Å². The van der Waals surface area contributed by atoms with Gasteiger partial charge in [-0.25, -0.2) is 8.42 Å². The van der Waals surface area contributed by atoms with Crippen molar-refractivity contribution in [3.05, 3.63) is 17.6 Å². The fourth-order valence-corrected chi connectivity index (χ4v) is 3.82. The van der Waals surface area contributed by atoms with Crippen LogP contribution in [0.25, 0.3) is 0 Å². The summed E-state index contributed by atoms with van der Waals surface area (Å²) in [4.78, 5) is 0.265. The maximum absolute atomic E-state index is 12.6. The Hall–Kier alpha value is -0.850. The monoisotopic (exact) mass is 302 g/mol. The van der Waals surface area contributed by atoms with Gasteiger partial charge in [-0.3, -0.25) is 0 Å². The van der Waals surface area contributed by atoms with Crippen LogP contribution in [0.1, 0.15) is 38.7 Å². The first-order valence-electron chi connectivity index (χ1n) is 6.92. The summed E-state index contributed by atoms with van der Waals surface area (Å²) in [7, 11) is -0.0742. The van der Waals surface area contributed by atoms with E-state index in [1.54, 1.807) is 27.1 Å². The maximum atomic E-state index is 12.6. The number of hydrogen-bond acceptors (Lipinski definition) is 4. The molecule has 6 heteroatoms. The number of sulfonamides is 1. The molecule has 0 amide bonds. The summed E-state index contributed by atoms with van der Waals surface area (Å²) in [6.45, 7) is 8.31. The van der Waals surface area contributed by atoms with E-state index in [-0.39, 0.29) is 10.9 Å². The second-order valence-electron chi connectivity index (χ2n) is 5.66. The Bertz CT molecular complexity index is 535. The van der Waals surface area contributed by atoms with Crippen molar-refractivity contribution in [2.45, 2.75) is 51.6 Å². The van der Waals surface area contributed by atoms with Gasteiger partial charge in [0.25, 0.3) is 0 Å². The lowest BCUT2D eigenvalue weighted by atomic mass is 10.1. The Labute approximate surface area is 122 Å². The molecular weight excluding hydrogens is 276 g/mol. The first kappa shape index (κ1) is 17.2. The van der Waals surface area contributed by atoms with Crippen molar-refractivity contribution in [2.75, 3.05) is 14.1 Å². The van der Waals surface area contributed by atoms with Gasteiger partial charge in [-0.05, 0) is 33.2 Å². The summed E-state index contributed by atoms with van der Waals surface area (Å²) < 4.78 is 32.2. The number of rotatable bonds is 7. The zero-order chi connectivity index (χ0) is 15.5. The highest BCUT2D eigenvalue weighted by molar-refractivity contribution is 7.89. The van der Waals surface area contributed by atoms with E-state index in [2.05, 4.69) is 19.2 Å². The molecule has 0 aliphatic rings. The summed E-state index contributed by atoms with van der Waals surface area (Å²) in [6, 6.07) is 1.57. The Morgan fingerprint density at radius 3 is 2.45 bits per heavy atom. The van der Waals surface area contributed by atoms with E-state index in [0.29, 0.717) is 24.0 Å². The second-order valence-corrected chi connectivity index (χ2v) is 7.63. The van der Waals surface area contributed by atoms with Crippen LogP contribution in [-0.4, -0.2) is 32.9 Å². The number of nitrogens with zero attached hydrogens (tertiary/aromatic N) is 1. The van der Waals surface area contributed by atoms with E-state index in [9.17, 15) is 8.42 Å². The van der Waals surface area contributed by atoms with Crippen molar-refractivity contribution in [1.29, 1.82) is 0 Å². The summed E-state index contributed by atoms with van der Waals surface area (Å²) in [6.07, 6.45) is 0.829. The smallest absolute Gasteiger partial charge is 0.246 e. The van der Waals surface area contributed by atoms with Crippen LogP contribution >= 0.6 is 0 Å². The second kappa shape index (κ2) is 6.74. The molecular formula is C14H26N2O3S. The molecule has 0 saturated carbocycles. The van der Waals surface area contributed by atoms with E-state index in [1.807, 2.05) is 6.92 Å². The van der Waals surface area contributed by atoms with E-state index in [4.69, 9.17) is 4.42 Å². The minimum Gasteiger partial charge on any atom is -0.464 e. The average molecular weight is 302 g/mol. The quantitative estimate of drug-likeness (QED) is 0.840. The molecule has 0 aliphatic carbocycles. The van der Waals surface area contributed by atoms with Crippen LogP contribution < -0.4 is 5.32 Å². The normalized spacial score (nSPS) is 14.2. The Balaban J connectivity index is 3.03. The van der Waals surface area contributed by atoms with Gasteiger partial charge in [0.1, 0.15) is 16.4 Å². The highest BCUT2D eigenvalue weighted by atomic mass is 32.2. The fourth-order valence-electron chi connectivity index (χ4n) is 2.26. The van der Waals surface area contributed by atoms with E-state index < -0.39 is 10.0 Å². The number of hydrogen-bond donors (Lipinski definition) is 1. The molecule has 20 heavy (non-hydrogen) atoms. The van der Waals surface area contributed by atoms with Crippen LogP contribution in [0.2, 0.25) is 0 Å². The van der Waals surface area contributed by atoms with Crippen molar-refractivity contribution in [2.24, 2.45) is 5.92 Å². The lowest BCUT2D eigenvalue weighted by molar-refractivity contribution is 0.337. The third kappa shape index (κ3) is 3.84. The fraction of sp³-hybridized carbons (Fsp3) is 0.714. The number of aryl methyl sites for hydroxylation is 1. The SMILES string of the molecule is CNCc1cc(S(=O)(=O)N(C)C(C)CC(C)C)c(C)o1. The molecule has 0 bridgehead atoms. The van der Waals surface area contributed by atoms with Gasteiger partial charge in [0.2, 0.25) is 10.0 Å². The zero-order valence-electron chi connectivity index (χ0n) is 13.2. The van der Waals surface area contributed by atoms with E-state index in [0.717, 1.165) is 6.42 Å². The first-order chi connectivity index (χ1) is 9.20. The first-order valence-corrected chi connectivity index (χ1v) is 8.36. The summed E-state index contributed by atoms with van der Waals surface area (Å²) >= 11 is 0. The number of furan rings is 1. The molecule has 1 N–H and O–H groups in total. The van der Waals surface area contributed by atoms with Crippen LogP contribution in [-0.2, 0) is 16.6 Å². The van der Waals surface area contributed by atoms with Crippen molar-refractivity contribution >= 4 is 10.0 Å². The van der Waals surface area contributed by atoms with Gasteiger partial charge in [-0.1, -0.05) is 13.8 Å². The minimum absolute atomic E-state index is 0.0398. The predicted molar refractivity (Wildman–Crippen MR) is 80.1 cm³/mol. The third-order valence-electron chi connectivity index (χ3n) is 3.36. The van der Waals surface area contributed by atoms with Crippen LogP contribution in [0.4, 0.5) is 0 Å². The topological polar surface area (TPSA) is 62.6 Å². The average Bonchev–Trinajstić information content (AvgIpc) is 2.69. The molecule has 0 saturated heterocycles. The van der Waals surface area contributed by atoms with Gasteiger partial charge in [-0.2, -0.15) is 4.31 Å². The Morgan fingerprint density at radius 2 is 1.95 bits per heavy atom. The molecule has 0 aromatic carbocycles. The summed E-state index contributed by atoms with van der Waals surface area (Å²) in [5.41, 5.74) is 0. The van der Waals surface area contributed by atoms with Crippen molar-refractivity contribution < 1.29 is 12.8 Å². The molecule has 1 heterocycles. The molecule has 1 aromatic rings. The lowest BCUT2D eigenvalue weighted by Crippen LogP contribution is -2.36. The van der Waals surface area contributed by atoms with Gasteiger partial charge in [0, 0.05) is 19.2 Å². The zero-order valence-corrected chi connectivity index (χ0v) is 14.0. The molecule has 1 unspecified atom stereocenters. The van der Waals surface area contributed by atoms with Crippen LogP contribution in [0.15, 0.2) is 15.4 Å². The van der Waals surface area contributed by atoms with E-state index in [1.165, 1.54) is 4.31 Å². The number of nitrogens with one attached hydrogen (secondary N) is 1. The predicted octanol–water partition coefficient (Wildman–Crippen LogP) is 2.36. The highest BCUT2D eigenvalue weighted by Crippen LogP contribution is 2.25. The molecule has 0 spiro atoms. The van der Waals surface area contributed by atoms with Crippen molar-refractivity contribution in [1.82, 2.24) is 9.62 Å². The Kier molecular flexibility index (Phi) is 5.79. The van der Waals surface area contributed by atoms with Gasteiger partial charge in [-0.15, -0.1) is 0 Å². The molecule has 5 nitrogen and oxygen atoms in total. The molecule has 0 radical (unpaired) electrons. The van der Waals surface area contributed by atoms with Gasteiger partial charge < -0.3 is 9.73 Å².